The fraction of sp³-hybridized carbons (Fsp3) is 0. The van der Waals surface area contributed by atoms with Crippen LogP contribution in [-0.2, 0) is 0 Å². The molecule has 0 aliphatic rings. The summed E-state index contributed by atoms with van der Waals surface area (Å²) >= 11 is 1.62. The summed E-state index contributed by atoms with van der Waals surface area (Å²) < 4.78 is 1.16. The highest BCUT2D eigenvalue weighted by Crippen LogP contribution is 2.28. The van der Waals surface area contributed by atoms with Crippen molar-refractivity contribution >= 4 is 27.5 Å². The van der Waals surface area contributed by atoms with Crippen LogP contribution in [0.2, 0.25) is 0 Å². The first-order chi connectivity index (χ1) is 7.83. The Hall–Kier alpha value is -2.01. The van der Waals surface area contributed by atoms with E-state index in [2.05, 4.69) is 21.0 Å². The molecule has 0 fully saturated rings. The van der Waals surface area contributed by atoms with Crippen LogP contribution in [0.25, 0.3) is 20.8 Å². The summed E-state index contributed by atoms with van der Waals surface area (Å²) in [6, 6.07) is 8.03. The molecule has 0 atom stereocenters. The summed E-state index contributed by atoms with van der Waals surface area (Å²) in [6.45, 7) is 0. The monoisotopic (exact) mass is 228 g/mol. The van der Waals surface area contributed by atoms with Crippen molar-refractivity contribution < 1.29 is 0 Å². The number of nitrogens with zero attached hydrogens (tertiary/aromatic N) is 3. The quantitative estimate of drug-likeness (QED) is 0.694. The highest BCUT2D eigenvalue weighted by atomic mass is 32.1. The minimum absolute atomic E-state index is 0.282. The van der Waals surface area contributed by atoms with Crippen molar-refractivity contribution in [3.63, 3.8) is 0 Å². The normalized spacial score (nSPS) is 10.8. The average Bonchev–Trinajstić information content (AvgIpc) is 2.73. The van der Waals surface area contributed by atoms with Crippen LogP contribution in [0.5, 0.6) is 0 Å². The predicted octanol–water partition coefficient (Wildman–Crippen LogP) is 2.34. The predicted molar refractivity (Wildman–Crippen MR) is 65.1 cm³/mol. The van der Waals surface area contributed by atoms with Gasteiger partial charge in [0.15, 0.2) is 0 Å². The number of hydrogen-bond acceptors (Lipinski definition) is 5. The number of aromatic nitrogens is 3. The maximum atomic E-state index is 5.44. The molecule has 0 saturated heterocycles. The molecule has 0 aliphatic carbocycles. The molecule has 5 heteroatoms. The number of nitrogens with two attached hydrogens (primary N) is 1. The van der Waals surface area contributed by atoms with Gasteiger partial charge in [0.25, 0.3) is 0 Å². The summed E-state index contributed by atoms with van der Waals surface area (Å²) in [4.78, 5) is 12.4. The fourth-order valence-corrected chi connectivity index (χ4v) is 2.38. The van der Waals surface area contributed by atoms with Gasteiger partial charge in [0.05, 0.1) is 10.2 Å². The zero-order valence-electron chi connectivity index (χ0n) is 8.29. The Morgan fingerprint density at radius 1 is 1.06 bits per heavy atom. The third kappa shape index (κ3) is 1.51. The average molecular weight is 228 g/mol. The summed E-state index contributed by atoms with van der Waals surface area (Å²) in [6.07, 6.45) is 3.39. The molecule has 3 rings (SSSR count). The number of nitrogen functional groups attached to an aromatic ring is 1. The molecule has 4 nitrogen and oxygen atoms in total. The number of anilines is 1. The number of rotatable bonds is 1. The molecule has 3 aromatic rings. The van der Waals surface area contributed by atoms with Crippen LogP contribution in [-0.4, -0.2) is 15.0 Å². The maximum Gasteiger partial charge on any atom is 0.219 e. The van der Waals surface area contributed by atoms with E-state index < -0.39 is 0 Å². The zero-order chi connectivity index (χ0) is 11.0. The van der Waals surface area contributed by atoms with E-state index in [-0.39, 0.29) is 5.95 Å². The molecular formula is C11H8N4S. The van der Waals surface area contributed by atoms with Gasteiger partial charge in [-0.25, -0.2) is 15.0 Å². The highest BCUT2D eigenvalue weighted by molar-refractivity contribution is 7.21. The molecule has 2 heterocycles. The molecule has 16 heavy (non-hydrogen) atoms. The van der Waals surface area contributed by atoms with Crippen LogP contribution < -0.4 is 5.73 Å². The molecular weight excluding hydrogens is 220 g/mol. The second-order valence-corrected chi connectivity index (χ2v) is 4.35. The second-order valence-electron chi connectivity index (χ2n) is 3.32. The van der Waals surface area contributed by atoms with E-state index in [9.17, 15) is 0 Å². The van der Waals surface area contributed by atoms with Crippen molar-refractivity contribution in [2.24, 2.45) is 0 Å². The molecule has 0 unspecified atom stereocenters. The van der Waals surface area contributed by atoms with Crippen molar-refractivity contribution in [3.8, 4) is 10.6 Å². The second kappa shape index (κ2) is 3.53. The number of fused-ring (bicyclic) bond motifs is 1. The van der Waals surface area contributed by atoms with Crippen LogP contribution in [0.15, 0.2) is 36.7 Å². The lowest BCUT2D eigenvalue weighted by Gasteiger charge is -1.94. The minimum Gasteiger partial charge on any atom is -0.368 e. The summed E-state index contributed by atoms with van der Waals surface area (Å²) in [7, 11) is 0. The van der Waals surface area contributed by atoms with E-state index in [1.807, 2.05) is 18.2 Å². The van der Waals surface area contributed by atoms with Gasteiger partial charge in [0.1, 0.15) is 5.01 Å². The van der Waals surface area contributed by atoms with E-state index in [1.165, 1.54) is 0 Å². The van der Waals surface area contributed by atoms with Crippen molar-refractivity contribution in [2.75, 3.05) is 5.73 Å². The molecule has 0 amide bonds. The molecule has 0 saturated carbocycles. The van der Waals surface area contributed by atoms with Crippen LogP contribution in [0.4, 0.5) is 5.95 Å². The summed E-state index contributed by atoms with van der Waals surface area (Å²) in [5, 5.41) is 0.918. The van der Waals surface area contributed by atoms with Crippen molar-refractivity contribution in [1.82, 2.24) is 15.0 Å². The summed E-state index contributed by atoms with van der Waals surface area (Å²) in [5.41, 5.74) is 7.34. The topological polar surface area (TPSA) is 64.7 Å². The zero-order valence-corrected chi connectivity index (χ0v) is 9.11. The van der Waals surface area contributed by atoms with E-state index in [0.717, 1.165) is 20.8 Å². The van der Waals surface area contributed by atoms with E-state index in [4.69, 9.17) is 5.73 Å². The first kappa shape index (κ1) is 9.23. The van der Waals surface area contributed by atoms with Crippen molar-refractivity contribution in [3.05, 3.63) is 36.7 Å². The minimum atomic E-state index is 0.282. The first-order valence-corrected chi connectivity index (χ1v) is 5.58. The molecule has 2 aromatic heterocycles. The Kier molecular flexibility index (Phi) is 2.04. The fourth-order valence-electron chi connectivity index (χ4n) is 1.44. The van der Waals surface area contributed by atoms with E-state index >= 15 is 0 Å². The van der Waals surface area contributed by atoms with Gasteiger partial charge < -0.3 is 5.73 Å². The molecule has 0 bridgehead atoms. The van der Waals surface area contributed by atoms with Crippen LogP contribution in [0.3, 0.4) is 0 Å². The van der Waals surface area contributed by atoms with Gasteiger partial charge >= 0.3 is 0 Å². The largest absolute Gasteiger partial charge is 0.368 e. The molecule has 1 aromatic carbocycles. The Balaban J connectivity index is 2.15. The van der Waals surface area contributed by atoms with Gasteiger partial charge in [0.2, 0.25) is 5.95 Å². The number of para-hydroxylation sites is 1. The van der Waals surface area contributed by atoms with Crippen LogP contribution >= 0.6 is 11.3 Å². The van der Waals surface area contributed by atoms with Crippen LogP contribution in [0.1, 0.15) is 0 Å². The molecule has 78 valence electrons. The van der Waals surface area contributed by atoms with Crippen molar-refractivity contribution in [1.29, 1.82) is 0 Å². The standard InChI is InChI=1S/C11H8N4S/c12-11-13-5-7(6-14-11)10-15-8-3-1-2-4-9(8)16-10/h1-6H,(H2,12,13,14). The van der Waals surface area contributed by atoms with Gasteiger partial charge in [-0.3, -0.25) is 0 Å². The lowest BCUT2D eigenvalue weighted by atomic mass is 10.3. The van der Waals surface area contributed by atoms with Crippen LogP contribution in [0, 0.1) is 0 Å². The lowest BCUT2D eigenvalue weighted by Crippen LogP contribution is -1.93. The number of hydrogen-bond donors (Lipinski definition) is 1. The smallest absolute Gasteiger partial charge is 0.219 e. The SMILES string of the molecule is Nc1ncc(-c2nc3ccccc3s2)cn1. The first-order valence-electron chi connectivity index (χ1n) is 4.76. The van der Waals surface area contributed by atoms with E-state index in [1.54, 1.807) is 23.7 Å². The number of benzene rings is 1. The van der Waals surface area contributed by atoms with Gasteiger partial charge in [-0.1, -0.05) is 12.1 Å². The molecule has 0 radical (unpaired) electrons. The Labute approximate surface area is 95.8 Å². The lowest BCUT2D eigenvalue weighted by molar-refractivity contribution is 1.19. The summed E-state index contributed by atoms with van der Waals surface area (Å²) in [5.74, 6) is 0.282. The molecule has 2 N–H and O–H groups in total. The van der Waals surface area contributed by atoms with Gasteiger partial charge in [-0.2, -0.15) is 0 Å². The molecule has 0 aliphatic heterocycles. The van der Waals surface area contributed by atoms with Gasteiger partial charge in [0, 0.05) is 18.0 Å². The van der Waals surface area contributed by atoms with Crippen molar-refractivity contribution in [2.45, 2.75) is 0 Å². The van der Waals surface area contributed by atoms with Gasteiger partial charge in [-0.15, -0.1) is 11.3 Å². The third-order valence-electron chi connectivity index (χ3n) is 2.21. The Morgan fingerprint density at radius 2 is 1.81 bits per heavy atom. The Morgan fingerprint density at radius 3 is 2.56 bits per heavy atom. The molecule has 0 spiro atoms. The maximum absolute atomic E-state index is 5.44. The van der Waals surface area contributed by atoms with E-state index in [0.29, 0.717) is 0 Å². The highest BCUT2D eigenvalue weighted by Gasteiger charge is 2.06. The third-order valence-corrected chi connectivity index (χ3v) is 3.30. The van der Waals surface area contributed by atoms with Gasteiger partial charge in [-0.05, 0) is 12.1 Å². The number of thiazole rings is 1. The Bertz CT molecular complexity index is 597.